The summed E-state index contributed by atoms with van der Waals surface area (Å²) in [5, 5.41) is 6.17. The third kappa shape index (κ3) is 7.72. The van der Waals surface area contributed by atoms with Crippen molar-refractivity contribution in [1.29, 1.82) is 0 Å². The summed E-state index contributed by atoms with van der Waals surface area (Å²) in [4.78, 5) is 51.8. The third-order valence-electron chi connectivity index (χ3n) is 7.00. The predicted octanol–water partition coefficient (Wildman–Crippen LogP) is 3.36. The molecule has 2 N–H and O–H groups in total. The Morgan fingerprint density at radius 1 is 0.971 bits per heavy atom. The van der Waals surface area contributed by atoms with Crippen LogP contribution in [0.2, 0.25) is 0 Å². The van der Waals surface area contributed by atoms with Crippen LogP contribution in [0.5, 0.6) is 0 Å². The zero-order chi connectivity index (χ0) is 27.1. The highest BCUT2D eigenvalue weighted by atomic mass is 16.2. The Morgan fingerprint density at radius 2 is 1.51 bits per heavy atom. The number of aldehydes is 1. The number of hydrogen-bond acceptors (Lipinski definition) is 5. The van der Waals surface area contributed by atoms with Crippen molar-refractivity contribution in [2.45, 2.75) is 85.4 Å². The second kappa shape index (κ2) is 12.4. The van der Waals surface area contributed by atoms with Gasteiger partial charge in [0.05, 0.1) is 6.04 Å². The number of Topliss-reactive ketones (excluding diaryl/α,β-unsaturated/α-hetero) is 1. The minimum absolute atomic E-state index is 0.0595. The average Bonchev–Trinajstić information content (AvgIpc) is 2.79. The zero-order valence-corrected chi connectivity index (χ0v) is 23.1. The zero-order valence-electron chi connectivity index (χ0n) is 23.1. The molecule has 0 aliphatic heterocycles. The van der Waals surface area contributed by atoms with Gasteiger partial charge in [-0.3, -0.25) is 19.2 Å². The number of carbonyl (C=O) groups is 4. The SMILES string of the molecule is CN[C@H](C(=O)N[C@H](C(=O)N(C)[C@H](CC(C)C(=O)C=O)C(C)C)C(C)(C)C)C(C)(C)c1ccccc1. The molecule has 7 heteroatoms. The van der Waals surface area contributed by atoms with E-state index in [1.165, 1.54) is 0 Å². The molecule has 0 saturated heterocycles. The van der Waals surface area contributed by atoms with Crippen molar-refractivity contribution in [3.63, 3.8) is 0 Å². The van der Waals surface area contributed by atoms with Crippen LogP contribution in [0.4, 0.5) is 0 Å². The van der Waals surface area contributed by atoms with E-state index in [-0.39, 0.29) is 23.8 Å². The molecule has 0 fully saturated rings. The second-order valence-electron chi connectivity index (χ2n) is 11.5. The number of amides is 2. The molecule has 1 unspecified atom stereocenters. The van der Waals surface area contributed by atoms with Crippen molar-refractivity contribution in [1.82, 2.24) is 15.5 Å². The molecule has 0 spiro atoms. The molecule has 4 atom stereocenters. The number of nitrogens with one attached hydrogen (secondary N) is 2. The summed E-state index contributed by atoms with van der Waals surface area (Å²) in [6.07, 6.45) is 0.719. The lowest BCUT2D eigenvalue weighted by atomic mass is 9.76. The number of nitrogens with zero attached hydrogens (tertiary/aromatic N) is 1. The van der Waals surface area contributed by atoms with E-state index >= 15 is 0 Å². The van der Waals surface area contributed by atoms with Gasteiger partial charge in [0.1, 0.15) is 6.04 Å². The Balaban J connectivity index is 3.23. The standard InChI is InChI=1S/C28H45N3O4/c1-18(2)21(16-19(3)22(33)17-32)31(10)26(35)24(27(4,5)6)30-25(34)23(29-9)28(7,8)20-14-12-11-13-15-20/h11-15,17-19,21,23-24,29H,16H2,1-10H3,(H,30,34)/t19?,21-,23-,24-/m1/s1. The van der Waals surface area contributed by atoms with Crippen molar-refractivity contribution >= 4 is 23.9 Å². The van der Waals surface area contributed by atoms with Crippen LogP contribution in [0.3, 0.4) is 0 Å². The number of carbonyl (C=O) groups excluding carboxylic acids is 4. The Morgan fingerprint density at radius 3 is 1.94 bits per heavy atom. The van der Waals surface area contributed by atoms with Crippen molar-refractivity contribution in [3.05, 3.63) is 35.9 Å². The van der Waals surface area contributed by atoms with Gasteiger partial charge >= 0.3 is 0 Å². The van der Waals surface area contributed by atoms with Crippen LogP contribution >= 0.6 is 0 Å². The van der Waals surface area contributed by atoms with Crippen LogP contribution in [0.1, 0.15) is 67.4 Å². The van der Waals surface area contributed by atoms with E-state index in [2.05, 4.69) is 10.6 Å². The molecule has 1 aromatic carbocycles. The first-order valence-corrected chi connectivity index (χ1v) is 12.4. The van der Waals surface area contributed by atoms with Crippen LogP contribution in [-0.2, 0) is 24.6 Å². The van der Waals surface area contributed by atoms with Gasteiger partial charge in [-0.25, -0.2) is 0 Å². The van der Waals surface area contributed by atoms with E-state index in [1.54, 1.807) is 25.9 Å². The first kappa shape index (κ1) is 30.5. The van der Waals surface area contributed by atoms with Crippen molar-refractivity contribution < 1.29 is 19.2 Å². The molecule has 2 amide bonds. The largest absolute Gasteiger partial charge is 0.342 e. The monoisotopic (exact) mass is 487 g/mol. The molecule has 0 aliphatic carbocycles. The molecule has 0 aromatic heterocycles. The summed E-state index contributed by atoms with van der Waals surface area (Å²) in [5.74, 6) is -1.38. The van der Waals surface area contributed by atoms with Gasteiger partial charge in [0.2, 0.25) is 11.8 Å². The van der Waals surface area contributed by atoms with E-state index in [1.807, 2.05) is 78.8 Å². The smallest absolute Gasteiger partial charge is 0.245 e. The highest BCUT2D eigenvalue weighted by Gasteiger charge is 2.42. The number of rotatable bonds is 12. The summed E-state index contributed by atoms with van der Waals surface area (Å²) in [6.45, 7) is 15.4. The predicted molar refractivity (Wildman–Crippen MR) is 140 cm³/mol. The van der Waals surface area contributed by atoms with Crippen LogP contribution in [-0.4, -0.2) is 61.0 Å². The fourth-order valence-corrected chi connectivity index (χ4v) is 4.57. The summed E-state index contributed by atoms with van der Waals surface area (Å²) >= 11 is 0. The van der Waals surface area contributed by atoms with E-state index in [0.717, 1.165) is 5.56 Å². The second-order valence-corrected chi connectivity index (χ2v) is 11.5. The molecule has 0 aliphatic rings. The van der Waals surface area contributed by atoms with Gasteiger partial charge in [0.25, 0.3) is 0 Å². The maximum absolute atomic E-state index is 13.8. The van der Waals surface area contributed by atoms with Gasteiger partial charge < -0.3 is 15.5 Å². The van der Waals surface area contributed by atoms with E-state index < -0.39 is 34.6 Å². The summed E-state index contributed by atoms with van der Waals surface area (Å²) in [5.41, 5.74) is -0.0659. The summed E-state index contributed by atoms with van der Waals surface area (Å²) < 4.78 is 0. The van der Waals surface area contributed by atoms with Crippen molar-refractivity contribution in [3.8, 4) is 0 Å². The molecule has 7 nitrogen and oxygen atoms in total. The maximum atomic E-state index is 13.8. The quantitative estimate of drug-likeness (QED) is 0.348. The van der Waals surface area contributed by atoms with Crippen LogP contribution in [0.15, 0.2) is 30.3 Å². The van der Waals surface area contributed by atoms with Gasteiger partial charge in [-0.1, -0.05) is 85.7 Å². The van der Waals surface area contributed by atoms with Crippen LogP contribution in [0, 0.1) is 17.3 Å². The van der Waals surface area contributed by atoms with Crippen LogP contribution < -0.4 is 10.6 Å². The van der Waals surface area contributed by atoms with Gasteiger partial charge in [0.15, 0.2) is 12.1 Å². The molecular weight excluding hydrogens is 442 g/mol. The highest BCUT2D eigenvalue weighted by Crippen LogP contribution is 2.29. The number of hydrogen-bond donors (Lipinski definition) is 2. The fourth-order valence-electron chi connectivity index (χ4n) is 4.57. The van der Waals surface area contributed by atoms with Gasteiger partial charge in [0, 0.05) is 24.4 Å². The minimum atomic E-state index is -0.777. The lowest BCUT2D eigenvalue weighted by molar-refractivity contribution is -0.142. The van der Waals surface area contributed by atoms with Crippen LogP contribution in [0.25, 0.3) is 0 Å². The molecule has 1 aromatic rings. The first-order valence-electron chi connectivity index (χ1n) is 12.4. The molecule has 1 rings (SSSR count). The first-order chi connectivity index (χ1) is 16.1. The highest BCUT2D eigenvalue weighted by molar-refractivity contribution is 6.25. The Bertz CT molecular complexity index is 874. The molecular formula is C28H45N3O4. The number of benzene rings is 1. The molecule has 0 bridgehead atoms. The van der Waals surface area contributed by atoms with E-state index in [0.29, 0.717) is 12.7 Å². The van der Waals surface area contributed by atoms with Crippen molar-refractivity contribution in [2.75, 3.05) is 14.1 Å². The minimum Gasteiger partial charge on any atom is -0.342 e. The summed E-state index contributed by atoms with van der Waals surface area (Å²) in [6, 6.07) is 8.21. The topological polar surface area (TPSA) is 95.6 Å². The van der Waals surface area contributed by atoms with Gasteiger partial charge in [-0.15, -0.1) is 0 Å². The number of ketones is 1. The Kier molecular flexibility index (Phi) is 10.8. The van der Waals surface area contributed by atoms with Gasteiger partial charge in [-0.2, -0.15) is 0 Å². The van der Waals surface area contributed by atoms with E-state index in [9.17, 15) is 19.2 Å². The maximum Gasteiger partial charge on any atom is 0.245 e. The number of likely N-dealkylation sites (N-methyl/N-ethyl adjacent to an activating group) is 2. The summed E-state index contributed by atoms with van der Waals surface area (Å²) in [7, 11) is 3.45. The normalized spacial score (nSPS) is 15.6. The molecule has 0 saturated carbocycles. The fraction of sp³-hybridized carbons (Fsp3) is 0.643. The molecule has 0 heterocycles. The van der Waals surface area contributed by atoms with Gasteiger partial charge in [-0.05, 0) is 30.4 Å². The van der Waals surface area contributed by atoms with E-state index in [4.69, 9.17) is 0 Å². The lowest BCUT2D eigenvalue weighted by Crippen LogP contribution is -2.61. The average molecular weight is 488 g/mol. The molecule has 196 valence electrons. The Labute approximate surface area is 211 Å². The van der Waals surface area contributed by atoms with Crippen molar-refractivity contribution in [2.24, 2.45) is 17.3 Å². The third-order valence-corrected chi connectivity index (χ3v) is 7.00. The molecule has 0 radical (unpaired) electrons. The molecule has 35 heavy (non-hydrogen) atoms. The lowest BCUT2D eigenvalue weighted by Gasteiger charge is -2.40. The Hall–Kier alpha value is -2.54.